The first-order valence-electron chi connectivity index (χ1n) is 18.4. The van der Waals surface area contributed by atoms with E-state index in [-0.39, 0.29) is 21.4 Å². The molecule has 0 spiro atoms. The topological polar surface area (TPSA) is 148 Å². The molecule has 1 unspecified atom stereocenters. The van der Waals surface area contributed by atoms with Gasteiger partial charge in [-0.15, -0.1) is 0 Å². The number of nitrogens with one attached hydrogen (secondary N) is 2. The van der Waals surface area contributed by atoms with E-state index in [9.17, 15) is 24.6 Å². The van der Waals surface area contributed by atoms with E-state index in [1.54, 1.807) is 62.6 Å². The minimum atomic E-state index is -0.802. The fourth-order valence-electron chi connectivity index (χ4n) is 7.56. The summed E-state index contributed by atoms with van der Waals surface area (Å²) in [6, 6.07) is 13.6. The Balaban J connectivity index is 1.05. The Morgan fingerprint density at radius 2 is 1.48 bits per heavy atom. The molecule has 2 fully saturated rings. The number of rotatable bonds is 11. The van der Waals surface area contributed by atoms with Crippen LogP contribution in [0.5, 0.6) is 0 Å². The van der Waals surface area contributed by atoms with Gasteiger partial charge in [-0.1, -0.05) is 53.9 Å². The van der Waals surface area contributed by atoms with Gasteiger partial charge in [-0.25, -0.2) is 0 Å². The maximum Gasteiger partial charge on any atom is 0.320 e. The van der Waals surface area contributed by atoms with E-state index >= 15 is 0 Å². The number of aromatic nitrogens is 2. The second-order valence-corrected chi connectivity index (χ2v) is 16.0. The summed E-state index contributed by atoms with van der Waals surface area (Å²) in [5, 5.41) is 26.4. The molecule has 11 nitrogen and oxygen atoms in total. The van der Waals surface area contributed by atoms with Crippen LogP contribution in [0, 0.1) is 0 Å². The number of pyridine rings is 2. The Morgan fingerprint density at radius 3 is 2.09 bits per heavy atom. The molecule has 4 N–H and O–H groups in total. The van der Waals surface area contributed by atoms with Crippen molar-refractivity contribution in [2.24, 2.45) is 0 Å². The highest BCUT2D eigenvalue weighted by molar-refractivity contribution is 6.40. The molecule has 2 amide bonds. The van der Waals surface area contributed by atoms with Crippen molar-refractivity contribution in [3.05, 3.63) is 105 Å². The predicted octanol–water partition coefficient (Wildman–Crippen LogP) is 7.40. The third-order valence-corrected chi connectivity index (χ3v) is 11.2. The molecule has 7 rings (SSSR count). The molecule has 1 atom stereocenters. The normalized spacial score (nSPS) is 17.8. The Kier molecular flexibility index (Phi) is 11.1. The summed E-state index contributed by atoms with van der Waals surface area (Å²) in [4.78, 5) is 52.0. The number of carbonyl (C=O) groups is 3. The molecule has 3 aliphatic rings. The number of carboxylic acid groups (broad SMARTS) is 1. The van der Waals surface area contributed by atoms with Crippen molar-refractivity contribution in [3.63, 3.8) is 0 Å². The molecule has 2 aromatic heterocycles. The average molecular weight is 772 g/mol. The second kappa shape index (κ2) is 15.8. The summed E-state index contributed by atoms with van der Waals surface area (Å²) in [6.45, 7) is 6.76. The Bertz CT molecular complexity index is 2100. The number of fused-ring (bicyclic) bond motifs is 1. The van der Waals surface area contributed by atoms with Crippen LogP contribution in [0.3, 0.4) is 0 Å². The lowest BCUT2D eigenvalue weighted by Crippen LogP contribution is -2.44. The molecule has 1 saturated carbocycles. The summed E-state index contributed by atoms with van der Waals surface area (Å²) < 4.78 is 0. The van der Waals surface area contributed by atoms with Gasteiger partial charge < -0.3 is 20.8 Å². The summed E-state index contributed by atoms with van der Waals surface area (Å²) in [5.74, 6) is -1.30. The number of aliphatic carboxylic acids is 1. The van der Waals surface area contributed by atoms with E-state index in [4.69, 9.17) is 23.2 Å². The molecule has 0 radical (unpaired) electrons. The fourth-order valence-corrected chi connectivity index (χ4v) is 8.11. The van der Waals surface area contributed by atoms with Crippen LogP contribution < -0.4 is 10.6 Å². The molecule has 0 bridgehead atoms. The van der Waals surface area contributed by atoms with Gasteiger partial charge in [0.2, 0.25) is 0 Å². The summed E-state index contributed by atoms with van der Waals surface area (Å²) in [5.41, 5.74) is 5.70. The SMILES string of the molecule is CC(C)(O)CN1CCc2cc(C(=O)Nc3cccc(-c4cccc(NC(=O)c5cc(C6CC6)c(CN6CCCCC6C(=O)O)cn5)c4Cl)c3Cl)ncc2C1. The first kappa shape index (κ1) is 37.9. The number of likely N-dealkylation sites (tertiary alicyclic amines) is 1. The van der Waals surface area contributed by atoms with Crippen LogP contribution in [0.4, 0.5) is 11.4 Å². The Hall–Kier alpha value is -4.39. The molecule has 4 heterocycles. The van der Waals surface area contributed by atoms with Crippen molar-refractivity contribution < 1.29 is 24.6 Å². The number of amides is 2. The smallest absolute Gasteiger partial charge is 0.320 e. The van der Waals surface area contributed by atoms with E-state index < -0.39 is 29.4 Å². The number of aliphatic hydroxyl groups is 1. The summed E-state index contributed by atoms with van der Waals surface area (Å²) in [7, 11) is 0. The van der Waals surface area contributed by atoms with Crippen molar-refractivity contribution in [1.29, 1.82) is 0 Å². The van der Waals surface area contributed by atoms with Crippen LogP contribution >= 0.6 is 23.2 Å². The molecule has 1 saturated heterocycles. The maximum atomic E-state index is 13.6. The zero-order valence-electron chi connectivity index (χ0n) is 30.4. The zero-order valence-corrected chi connectivity index (χ0v) is 31.9. The van der Waals surface area contributed by atoms with Gasteiger partial charge in [0, 0.05) is 49.7 Å². The molecule has 1 aliphatic carbocycles. The number of hydrogen-bond acceptors (Lipinski definition) is 8. The first-order valence-corrected chi connectivity index (χ1v) is 19.2. The molecule has 4 aromatic rings. The largest absolute Gasteiger partial charge is 0.480 e. The summed E-state index contributed by atoms with van der Waals surface area (Å²) in [6.07, 6.45) is 8.69. The molecule has 54 heavy (non-hydrogen) atoms. The number of benzene rings is 2. The molecular weight excluding hydrogens is 727 g/mol. The van der Waals surface area contributed by atoms with Gasteiger partial charge in [-0.2, -0.15) is 0 Å². The minimum absolute atomic E-state index is 0.250. The van der Waals surface area contributed by atoms with Gasteiger partial charge in [-0.05, 0) is 105 Å². The number of anilines is 2. The van der Waals surface area contributed by atoms with Crippen LogP contribution in [-0.4, -0.2) is 79.0 Å². The highest BCUT2D eigenvalue weighted by Gasteiger charge is 2.32. The Morgan fingerprint density at radius 1 is 0.852 bits per heavy atom. The lowest BCUT2D eigenvalue weighted by Gasteiger charge is -2.33. The minimum Gasteiger partial charge on any atom is -0.480 e. The van der Waals surface area contributed by atoms with Crippen molar-refractivity contribution in [1.82, 2.24) is 19.8 Å². The van der Waals surface area contributed by atoms with E-state index in [0.29, 0.717) is 61.0 Å². The lowest BCUT2D eigenvalue weighted by molar-refractivity contribution is -0.144. The van der Waals surface area contributed by atoms with E-state index in [0.717, 1.165) is 60.9 Å². The number of nitrogens with zero attached hydrogens (tertiary/aromatic N) is 4. The van der Waals surface area contributed by atoms with Crippen molar-refractivity contribution >= 4 is 52.4 Å². The molecule has 13 heteroatoms. The van der Waals surface area contributed by atoms with Crippen molar-refractivity contribution in [3.8, 4) is 11.1 Å². The van der Waals surface area contributed by atoms with Crippen LogP contribution in [0.15, 0.2) is 60.9 Å². The van der Waals surface area contributed by atoms with Crippen LogP contribution in [0.2, 0.25) is 10.0 Å². The quantitative estimate of drug-likeness (QED) is 0.122. The van der Waals surface area contributed by atoms with E-state index in [1.807, 2.05) is 17.0 Å². The third kappa shape index (κ3) is 8.61. The van der Waals surface area contributed by atoms with Gasteiger partial charge in [-0.3, -0.25) is 34.2 Å². The van der Waals surface area contributed by atoms with Crippen molar-refractivity contribution in [2.75, 3.05) is 30.3 Å². The zero-order chi connectivity index (χ0) is 38.1. The number of piperidine rings is 1. The van der Waals surface area contributed by atoms with Gasteiger partial charge in [0.1, 0.15) is 17.4 Å². The molecule has 2 aromatic carbocycles. The van der Waals surface area contributed by atoms with E-state index in [2.05, 4.69) is 25.5 Å². The summed E-state index contributed by atoms with van der Waals surface area (Å²) >= 11 is 13.8. The number of hydrogen-bond donors (Lipinski definition) is 4. The number of halogens is 2. The molecule has 2 aliphatic heterocycles. The number of carbonyl (C=O) groups excluding carboxylic acids is 2. The van der Waals surface area contributed by atoms with Gasteiger partial charge in [0.05, 0.1) is 27.0 Å². The monoisotopic (exact) mass is 770 g/mol. The highest BCUT2D eigenvalue weighted by Crippen LogP contribution is 2.43. The number of carboxylic acids is 1. The van der Waals surface area contributed by atoms with Gasteiger partial charge >= 0.3 is 5.97 Å². The maximum absolute atomic E-state index is 13.6. The van der Waals surface area contributed by atoms with Crippen molar-refractivity contribution in [2.45, 2.75) is 83.0 Å². The lowest BCUT2D eigenvalue weighted by atomic mass is 9.99. The standard InChI is InChI=1S/C41H44Cl2N6O5/c1-41(2,54)23-48-16-14-25-17-33(44-19-26(25)21-48)38(50)46-31-9-5-7-28(36(31)42)29-8-6-10-32(37(29)43)47-39(51)34-18-30(24-12-13-24)27(20-45-34)22-49-15-4-3-11-35(49)40(52)53/h5-10,17-20,24,35,54H,3-4,11-16,21-23H2,1-2H3,(H,46,50)(H,47,51)(H,52,53). The van der Waals surface area contributed by atoms with Gasteiger partial charge in [0.15, 0.2) is 0 Å². The van der Waals surface area contributed by atoms with Crippen LogP contribution in [0.1, 0.15) is 95.1 Å². The predicted molar refractivity (Wildman–Crippen MR) is 209 cm³/mol. The third-order valence-electron chi connectivity index (χ3n) is 10.3. The molecular formula is C41H44Cl2N6O5. The van der Waals surface area contributed by atoms with Crippen LogP contribution in [0.25, 0.3) is 11.1 Å². The second-order valence-electron chi connectivity index (χ2n) is 15.2. The highest BCUT2D eigenvalue weighted by atomic mass is 35.5. The van der Waals surface area contributed by atoms with Crippen LogP contribution in [-0.2, 0) is 24.3 Å². The molecule has 282 valence electrons. The fraction of sp³-hybridized carbons (Fsp3) is 0.390. The Labute approximate surface area is 324 Å². The average Bonchev–Trinajstić information content (AvgIpc) is 3.99. The van der Waals surface area contributed by atoms with Gasteiger partial charge in [0.25, 0.3) is 11.8 Å². The van der Waals surface area contributed by atoms with E-state index in [1.165, 1.54) is 0 Å². The first-order chi connectivity index (χ1) is 25.8. The number of β-amino-alcohol motifs (C(OH)–C–C–N with tert-alkyl or cyclic N) is 1.